The number of hydrogen-bond acceptors (Lipinski definition) is 2. The highest BCUT2D eigenvalue weighted by molar-refractivity contribution is 7.86. The standard InChI is InChI=1S/C6H11O3S/c7-10(8,9)6-4-2-1-3-5-6/h1,6H,2-5H2,(H,7,8,9). The summed E-state index contributed by atoms with van der Waals surface area (Å²) in [6.07, 6.45) is 4.84. The molecule has 1 rings (SSSR count). The number of hydrogen-bond donors (Lipinski definition) is 1. The lowest BCUT2D eigenvalue weighted by molar-refractivity contribution is 0.445. The van der Waals surface area contributed by atoms with Crippen LogP contribution in [0.5, 0.6) is 0 Å². The monoisotopic (exact) mass is 163 g/mol. The molecule has 0 aliphatic heterocycles. The van der Waals surface area contributed by atoms with Crippen molar-refractivity contribution in [3.63, 3.8) is 0 Å². The van der Waals surface area contributed by atoms with Crippen molar-refractivity contribution in [3.8, 4) is 0 Å². The van der Waals surface area contributed by atoms with E-state index in [9.17, 15) is 8.42 Å². The third-order valence-electron chi connectivity index (χ3n) is 1.81. The molecule has 1 aliphatic rings. The second-order valence-corrected chi connectivity index (χ2v) is 4.28. The molecule has 1 fully saturated rings. The Bertz CT molecular complexity index is 189. The third-order valence-corrected chi connectivity index (χ3v) is 3.12. The van der Waals surface area contributed by atoms with E-state index in [0.717, 1.165) is 12.8 Å². The molecule has 0 saturated heterocycles. The summed E-state index contributed by atoms with van der Waals surface area (Å²) in [7, 11) is -3.75. The van der Waals surface area contributed by atoms with Crippen LogP contribution in [0, 0.1) is 6.42 Å². The topological polar surface area (TPSA) is 54.4 Å². The van der Waals surface area contributed by atoms with Crippen LogP contribution in [0.2, 0.25) is 0 Å². The first-order valence-electron chi connectivity index (χ1n) is 3.38. The maximum atomic E-state index is 10.5. The van der Waals surface area contributed by atoms with E-state index in [1.807, 2.05) is 0 Å². The van der Waals surface area contributed by atoms with E-state index in [1.165, 1.54) is 0 Å². The van der Waals surface area contributed by atoms with Gasteiger partial charge in [0.2, 0.25) is 0 Å². The summed E-state index contributed by atoms with van der Waals surface area (Å²) < 4.78 is 29.7. The Balaban J connectivity index is 2.56. The molecule has 1 N–H and O–H groups in total. The van der Waals surface area contributed by atoms with Crippen LogP contribution >= 0.6 is 0 Å². The minimum Gasteiger partial charge on any atom is -0.285 e. The van der Waals surface area contributed by atoms with Crippen molar-refractivity contribution >= 4 is 10.1 Å². The van der Waals surface area contributed by atoms with Gasteiger partial charge in [0.25, 0.3) is 10.1 Å². The molecular weight excluding hydrogens is 152 g/mol. The largest absolute Gasteiger partial charge is 0.285 e. The second kappa shape index (κ2) is 2.88. The molecule has 0 aromatic heterocycles. The van der Waals surface area contributed by atoms with Crippen LogP contribution in [0.15, 0.2) is 0 Å². The summed E-state index contributed by atoms with van der Waals surface area (Å²) >= 11 is 0. The van der Waals surface area contributed by atoms with Crippen molar-refractivity contribution in [2.24, 2.45) is 0 Å². The zero-order valence-electron chi connectivity index (χ0n) is 5.66. The summed E-state index contributed by atoms with van der Waals surface area (Å²) in [6, 6.07) is 0. The molecule has 59 valence electrons. The van der Waals surface area contributed by atoms with Crippen LogP contribution in [-0.2, 0) is 10.1 Å². The smallest absolute Gasteiger partial charge is 0.267 e. The molecule has 1 aliphatic carbocycles. The molecule has 0 bridgehead atoms. The average molecular weight is 163 g/mol. The van der Waals surface area contributed by atoms with Gasteiger partial charge in [0, 0.05) is 0 Å². The van der Waals surface area contributed by atoms with Gasteiger partial charge in [-0.15, -0.1) is 0 Å². The lowest BCUT2D eigenvalue weighted by Crippen LogP contribution is -2.22. The Labute approximate surface area is 61.2 Å². The lowest BCUT2D eigenvalue weighted by atomic mass is 10.0. The molecule has 0 atom stereocenters. The molecule has 4 heteroatoms. The van der Waals surface area contributed by atoms with Crippen LogP contribution in [0.4, 0.5) is 0 Å². The Kier molecular flexibility index (Phi) is 2.31. The first kappa shape index (κ1) is 8.01. The van der Waals surface area contributed by atoms with Crippen molar-refractivity contribution in [1.29, 1.82) is 0 Å². The molecule has 10 heavy (non-hydrogen) atoms. The maximum Gasteiger partial charge on any atom is 0.267 e. The summed E-state index contributed by atoms with van der Waals surface area (Å²) in [5.41, 5.74) is 0. The van der Waals surface area contributed by atoms with Gasteiger partial charge in [-0.3, -0.25) is 4.55 Å². The van der Waals surface area contributed by atoms with Gasteiger partial charge in [-0.1, -0.05) is 0 Å². The van der Waals surface area contributed by atoms with Crippen molar-refractivity contribution < 1.29 is 13.0 Å². The van der Waals surface area contributed by atoms with E-state index in [0.29, 0.717) is 12.8 Å². The van der Waals surface area contributed by atoms with Crippen LogP contribution < -0.4 is 0 Å². The zero-order chi connectivity index (χ0) is 7.61. The fraction of sp³-hybridized carbons (Fsp3) is 0.833. The summed E-state index contributed by atoms with van der Waals surface area (Å²) in [4.78, 5) is 0. The molecule has 3 nitrogen and oxygen atoms in total. The van der Waals surface area contributed by atoms with Gasteiger partial charge in [-0.25, -0.2) is 0 Å². The molecule has 1 saturated carbocycles. The molecule has 0 spiro atoms. The highest BCUT2D eigenvalue weighted by Crippen LogP contribution is 2.21. The predicted molar refractivity (Wildman–Crippen MR) is 38.1 cm³/mol. The van der Waals surface area contributed by atoms with Crippen molar-refractivity contribution in [2.75, 3.05) is 0 Å². The Morgan fingerprint density at radius 1 is 1.30 bits per heavy atom. The van der Waals surface area contributed by atoms with Crippen molar-refractivity contribution in [2.45, 2.75) is 30.9 Å². The minimum atomic E-state index is -3.75. The fourth-order valence-corrected chi connectivity index (χ4v) is 2.06. The normalized spacial score (nSPS) is 22.9. The van der Waals surface area contributed by atoms with Gasteiger partial charge in [0.15, 0.2) is 0 Å². The van der Waals surface area contributed by atoms with Gasteiger partial charge in [-0.05, 0) is 32.1 Å². The first-order chi connectivity index (χ1) is 4.61. The van der Waals surface area contributed by atoms with E-state index in [4.69, 9.17) is 4.55 Å². The van der Waals surface area contributed by atoms with Crippen molar-refractivity contribution in [1.82, 2.24) is 0 Å². The SMILES string of the molecule is O=S(=O)(O)C1CC[CH]CC1. The Hall–Kier alpha value is -0.0900. The molecule has 0 aromatic rings. The van der Waals surface area contributed by atoms with Gasteiger partial charge in [0.05, 0.1) is 5.25 Å². The molecule has 0 heterocycles. The van der Waals surface area contributed by atoms with Crippen LogP contribution in [0.3, 0.4) is 0 Å². The highest BCUT2D eigenvalue weighted by Gasteiger charge is 2.24. The van der Waals surface area contributed by atoms with Crippen LogP contribution in [0.25, 0.3) is 0 Å². The third kappa shape index (κ3) is 1.95. The molecule has 0 aromatic carbocycles. The minimum absolute atomic E-state index is 0.502. The van der Waals surface area contributed by atoms with E-state index >= 15 is 0 Å². The van der Waals surface area contributed by atoms with E-state index in [-0.39, 0.29) is 0 Å². The summed E-state index contributed by atoms with van der Waals surface area (Å²) in [5.74, 6) is 0. The quantitative estimate of drug-likeness (QED) is 0.587. The predicted octanol–water partition coefficient (Wildman–Crippen LogP) is 1.02. The van der Waals surface area contributed by atoms with Gasteiger partial charge in [-0.2, -0.15) is 8.42 Å². The molecule has 0 unspecified atom stereocenters. The Morgan fingerprint density at radius 3 is 2.10 bits per heavy atom. The van der Waals surface area contributed by atoms with Crippen molar-refractivity contribution in [3.05, 3.63) is 6.42 Å². The fourth-order valence-electron chi connectivity index (χ4n) is 1.19. The highest BCUT2D eigenvalue weighted by atomic mass is 32.2. The van der Waals surface area contributed by atoms with Crippen LogP contribution in [-0.4, -0.2) is 18.2 Å². The first-order valence-corrected chi connectivity index (χ1v) is 4.89. The summed E-state index contributed by atoms with van der Waals surface area (Å²) in [6.45, 7) is 0. The van der Waals surface area contributed by atoms with Gasteiger partial charge < -0.3 is 0 Å². The van der Waals surface area contributed by atoms with E-state index in [2.05, 4.69) is 6.42 Å². The van der Waals surface area contributed by atoms with E-state index < -0.39 is 15.4 Å². The molecule has 1 radical (unpaired) electrons. The summed E-state index contributed by atoms with van der Waals surface area (Å²) in [5, 5.41) is -0.502. The van der Waals surface area contributed by atoms with Gasteiger partial charge in [0.1, 0.15) is 0 Å². The maximum absolute atomic E-state index is 10.5. The second-order valence-electron chi connectivity index (χ2n) is 2.58. The van der Waals surface area contributed by atoms with Gasteiger partial charge >= 0.3 is 0 Å². The van der Waals surface area contributed by atoms with Crippen LogP contribution in [0.1, 0.15) is 25.7 Å². The Morgan fingerprint density at radius 2 is 1.80 bits per heavy atom. The lowest BCUT2D eigenvalue weighted by Gasteiger charge is -2.17. The number of rotatable bonds is 1. The zero-order valence-corrected chi connectivity index (χ0v) is 6.47. The van der Waals surface area contributed by atoms with E-state index in [1.54, 1.807) is 0 Å². The molecule has 0 amide bonds. The average Bonchev–Trinajstić information content (AvgIpc) is 1.88. The molecular formula is C6H11O3S.